The average molecular weight is 484 g/mol. The molecule has 0 bridgehead atoms. The number of carbonyl (C=O) groups excluding carboxylic acids is 2. The van der Waals surface area contributed by atoms with E-state index in [0.29, 0.717) is 32.5 Å². The fraction of sp³-hybridized carbons (Fsp3) is 0.462. The SMILES string of the molecule is CCC(=O)N1CCc2cc(S(=O)(=O)CCC(=O)N3CCN(c4ccc(C)cc4)C(C)C3)ccc21. The molecule has 1 fully saturated rings. The third-order valence-electron chi connectivity index (χ3n) is 6.84. The van der Waals surface area contributed by atoms with Crippen molar-refractivity contribution in [2.45, 2.75) is 51.0 Å². The molecule has 34 heavy (non-hydrogen) atoms. The number of benzene rings is 2. The van der Waals surface area contributed by atoms with Crippen LogP contribution in [0.5, 0.6) is 0 Å². The zero-order valence-electron chi connectivity index (χ0n) is 20.2. The maximum Gasteiger partial charge on any atom is 0.226 e. The summed E-state index contributed by atoms with van der Waals surface area (Å²) < 4.78 is 25.9. The standard InChI is InChI=1S/C26H33N3O4S/c1-4-25(30)29-13-11-21-17-23(9-10-24(21)29)34(32,33)16-12-26(31)27-14-15-28(20(3)18-27)22-7-5-19(2)6-8-22/h5-10,17,20H,4,11-16,18H2,1-3H3. The normalized spacial score (nSPS) is 18.2. The molecule has 2 aliphatic rings. The lowest BCUT2D eigenvalue weighted by Crippen LogP contribution is -2.54. The van der Waals surface area contributed by atoms with Gasteiger partial charge in [-0.1, -0.05) is 24.6 Å². The molecule has 8 heteroatoms. The van der Waals surface area contributed by atoms with Gasteiger partial charge in [-0.3, -0.25) is 9.59 Å². The second kappa shape index (κ2) is 9.78. The van der Waals surface area contributed by atoms with E-state index in [1.54, 1.807) is 28.0 Å². The first kappa shape index (κ1) is 24.3. The van der Waals surface area contributed by atoms with E-state index in [1.807, 2.05) is 6.92 Å². The van der Waals surface area contributed by atoms with Crippen molar-refractivity contribution in [3.05, 3.63) is 53.6 Å². The highest BCUT2D eigenvalue weighted by Gasteiger charge is 2.29. The Bertz CT molecular complexity index is 1180. The molecular formula is C26H33N3O4S. The molecule has 1 saturated heterocycles. The molecule has 2 aliphatic heterocycles. The van der Waals surface area contributed by atoms with Crippen LogP contribution in [0.15, 0.2) is 47.4 Å². The van der Waals surface area contributed by atoms with Crippen LogP contribution in [0.1, 0.15) is 37.8 Å². The van der Waals surface area contributed by atoms with Crippen LogP contribution in [0.4, 0.5) is 11.4 Å². The van der Waals surface area contributed by atoms with Gasteiger partial charge in [0.05, 0.1) is 10.6 Å². The highest BCUT2D eigenvalue weighted by atomic mass is 32.2. The summed E-state index contributed by atoms with van der Waals surface area (Å²) in [4.78, 5) is 30.9. The minimum atomic E-state index is -3.59. The van der Waals surface area contributed by atoms with Crippen molar-refractivity contribution in [2.75, 3.05) is 41.7 Å². The van der Waals surface area contributed by atoms with Gasteiger partial charge in [-0.25, -0.2) is 8.42 Å². The Morgan fingerprint density at radius 3 is 2.41 bits per heavy atom. The maximum absolute atomic E-state index is 13.0. The second-order valence-electron chi connectivity index (χ2n) is 9.23. The summed E-state index contributed by atoms with van der Waals surface area (Å²) in [5, 5.41) is 0. The van der Waals surface area contributed by atoms with E-state index in [4.69, 9.17) is 0 Å². The first-order valence-electron chi connectivity index (χ1n) is 12.0. The summed E-state index contributed by atoms with van der Waals surface area (Å²) in [5.41, 5.74) is 4.02. The predicted octanol–water partition coefficient (Wildman–Crippen LogP) is 3.20. The van der Waals surface area contributed by atoms with Gasteiger partial charge in [0.15, 0.2) is 9.84 Å². The lowest BCUT2D eigenvalue weighted by atomic mass is 10.1. The summed E-state index contributed by atoms with van der Waals surface area (Å²) in [5.74, 6) is -0.300. The molecule has 0 aromatic heterocycles. The molecule has 2 aromatic rings. The highest BCUT2D eigenvalue weighted by Crippen LogP contribution is 2.31. The van der Waals surface area contributed by atoms with Crippen molar-refractivity contribution in [3.63, 3.8) is 0 Å². The zero-order chi connectivity index (χ0) is 24.5. The lowest BCUT2D eigenvalue weighted by molar-refractivity contribution is -0.131. The zero-order valence-corrected chi connectivity index (χ0v) is 21.0. The van der Waals surface area contributed by atoms with Crippen LogP contribution < -0.4 is 9.80 Å². The smallest absolute Gasteiger partial charge is 0.226 e. The van der Waals surface area contributed by atoms with Gasteiger partial charge in [-0.05, 0) is 56.2 Å². The van der Waals surface area contributed by atoms with Crippen LogP contribution in [-0.4, -0.2) is 63.1 Å². The topological polar surface area (TPSA) is 78.0 Å². The number of nitrogens with zero attached hydrogens (tertiary/aromatic N) is 3. The van der Waals surface area contributed by atoms with Crippen molar-refractivity contribution in [1.29, 1.82) is 0 Å². The van der Waals surface area contributed by atoms with Crippen LogP contribution in [0, 0.1) is 6.92 Å². The van der Waals surface area contributed by atoms with Gasteiger partial charge in [-0.2, -0.15) is 0 Å². The quantitative estimate of drug-likeness (QED) is 0.631. The Morgan fingerprint density at radius 2 is 1.74 bits per heavy atom. The largest absolute Gasteiger partial charge is 0.365 e. The molecular weight excluding hydrogens is 450 g/mol. The molecule has 0 saturated carbocycles. The van der Waals surface area contributed by atoms with Gasteiger partial charge < -0.3 is 14.7 Å². The molecule has 2 heterocycles. The van der Waals surface area contributed by atoms with Crippen molar-refractivity contribution >= 4 is 33.0 Å². The molecule has 1 unspecified atom stereocenters. The average Bonchev–Trinajstić information content (AvgIpc) is 3.26. The molecule has 0 spiro atoms. The molecule has 2 amide bonds. The van der Waals surface area contributed by atoms with Gasteiger partial charge in [0.2, 0.25) is 11.8 Å². The molecule has 0 radical (unpaired) electrons. The fourth-order valence-corrected chi connectivity index (χ4v) is 6.10. The Balaban J connectivity index is 1.36. The van der Waals surface area contributed by atoms with Crippen LogP contribution in [0.2, 0.25) is 0 Å². The Kier molecular flexibility index (Phi) is 6.98. The summed E-state index contributed by atoms with van der Waals surface area (Å²) in [7, 11) is -3.59. The minimum Gasteiger partial charge on any atom is -0.365 e. The number of aryl methyl sites for hydroxylation is 1. The monoisotopic (exact) mass is 483 g/mol. The highest BCUT2D eigenvalue weighted by molar-refractivity contribution is 7.91. The van der Waals surface area contributed by atoms with Crippen molar-refractivity contribution < 1.29 is 18.0 Å². The van der Waals surface area contributed by atoms with Crippen LogP contribution in [0.3, 0.4) is 0 Å². The summed E-state index contributed by atoms with van der Waals surface area (Å²) in [6.45, 7) is 8.43. The first-order valence-corrected chi connectivity index (χ1v) is 13.6. The van der Waals surface area contributed by atoms with Gasteiger partial charge in [0.1, 0.15) is 0 Å². The maximum atomic E-state index is 13.0. The third-order valence-corrected chi connectivity index (χ3v) is 8.55. The minimum absolute atomic E-state index is 0.0306. The van der Waals surface area contributed by atoms with E-state index in [-0.39, 0.29) is 34.9 Å². The third kappa shape index (κ3) is 4.97. The number of piperazine rings is 1. The molecule has 2 aromatic carbocycles. The Labute approximate surface area is 202 Å². The first-order chi connectivity index (χ1) is 16.2. The lowest BCUT2D eigenvalue weighted by Gasteiger charge is -2.41. The molecule has 0 N–H and O–H groups in total. The van der Waals surface area contributed by atoms with Crippen molar-refractivity contribution in [3.8, 4) is 0 Å². The number of fused-ring (bicyclic) bond motifs is 1. The summed E-state index contributed by atoms with van der Waals surface area (Å²) >= 11 is 0. The second-order valence-corrected chi connectivity index (χ2v) is 11.3. The number of rotatable bonds is 6. The van der Waals surface area contributed by atoms with E-state index < -0.39 is 9.84 Å². The van der Waals surface area contributed by atoms with Gasteiger partial charge in [0.25, 0.3) is 0 Å². The van der Waals surface area contributed by atoms with E-state index in [0.717, 1.165) is 23.5 Å². The Morgan fingerprint density at radius 1 is 1.00 bits per heavy atom. The van der Waals surface area contributed by atoms with Crippen LogP contribution >= 0.6 is 0 Å². The number of hydrogen-bond donors (Lipinski definition) is 0. The summed E-state index contributed by atoms with van der Waals surface area (Å²) in [6, 6.07) is 13.5. The molecule has 7 nitrogen and oxygen atoms in total. The van der Waals surface area contributed by atoms with Crippen LogP contribution in [-0.2, 0) is 25.8 Å². The van der Waals surface area contributed by atoms with Gasteiger partial charge >= 0.3 is 0 Å². The molecule has 182 valence electrons. The number of anilines is 2. The Hall–Kier alpha value is -2.87. The van der Waals surface area contributed by atoms with Crippen molar-refractivity contribution in [1.82, 2.24) is 4.90 Å². The van der Waals surface area contributed by atoms with E-state index in [9.17, 15) is 18.0 Å². The number of hydrogen-bond acceptors (Lipinski definition) is 5. The number of sulfone groups is 1. The van der Waals surface area contributed by atoms with E-state index in [2.05, 4.69) is 43.0 Å². The fourth-order valence-electron chi connectivity index (χ4n) is 4.82. The molecule has 4 rings (SSSR count). The van der Waals surface area contributed by atoms with Gasteiger partial charge in [0, 0.05) is 56.4 Å². The van der Waals surface area contributed by atoms with Gasteiger partial charge in [-0.15, -0.1) is 0 Å². The number of carbonyl (C=O) groups is 2. The van der Waals surface area contributed by atoms with E-state index >= 15 is 0 Å². The molecule has 0 aliphatic carbocycles. The van der Waals surface area contributed by atoms with Crippen molar-refractivity contribution in [2.24, 2.45) is 0 Å². The van der Waals surface area contributed by atoms with E-state index in [1.165, 1.54) is 5.56 Å². The predicted molar refractivity (Wildman–Crippen MR) is 134 cm³/mol. The van der Waals surface area contributed by atoms with Crippen LogP contribution in [0.25, 0.3) is 0 Å². The summed E-state index contributed by atoms with van der Waals surface area (Å²) in [6.07, 6.45) is 1.03. The molecule has 1 atom stereocenters. The number of amides is 2.